The number of piperidine rings is 1. The Kier molecular flexibility index (Phi) is 7.32. The van der Waals surface area contributed by atoms with Gasteiger partial charge in [-0.3, -0.25) is 0 Å². The van der Waals surface area contributed by atoms with Crippen LogP contribution in [0.25, 0.3) is 22.6 Å². The number of thiophene rings is 1. The second-order valence-electron chi connectivity index (χ2n) is 14.1. The lowest BCUT2D eigenvalue weighted by Crippen LogP contribution is -2.57. The SMILES string of the molecule is CC(C1CCCN1C)n1ncc2c(N3CCCC(O)(C(F)(F)F)C3)nc(-c3noc4c3CCCC43CCCc4sc(N)c(C#N)c43)nc21. The summed E-state index contributed by atoms with van der Waals surface area (Å²) in [4.78, 5) is 14.9. The summed E-state index contributed by atoms with van der Waals surface area (Å²) in [6.07, 6.45) is 3.50. The van der Waals surface area contributed by atoms with Crippen LogP contribution in [0.2, 0.25) is 0 Å². The number of fused-ring (bicyclic) bond motifs is 5. The zero-order valence-corrected chi connectivity index (χ0v) is 27.8. The molecule has 6 heterocycles. The third-order valence-corrected chi connectivity index (χ3v) is 12.4. The van der Waals surface area contributed by atoms with Crippen LogP contribution in [0.1, 0.15) is 91.7 Å². The van der Waals surface area contributed by atoms with Crippen LogP contribution in [0.4, 0.5) is 24.0 Å². The number of hydrogen-bond acceptors (Lipinski definition) is 11. The van der Waals surface area contributed by atoms with Crippen LogP contribution in [0.5, 0.6) is 0 Å². The van der Waals surface area contributed by atoms with Crippen LogP contribution in [0.15, 0.2) is 10.7 Å². The zero-order chi connectivity index (χ0) is 33.6. The number of aliphatic hydroxyl groups is 1. The number of hydrogen-bond donors (Lipinski definition) is 2. The second kappa shape index (κ2) is 11.1. The van der Waals surface area contributed by atoms with Crippen molar-refractivity contribution in [3.05, 3.63) is 33.5 Å². The van der Waals surface area contributed by atoms with Crippen LogP contribution in [0, 0.1) is 11.3 Å². The summed E-state index contributed by atoms with van der Waals surface area (Å²) in [5.41, 5.74) is 6.19. The normalized spacial score (nSPS) is 26.9. The van der Waals surface area contributed by atoms with Crippen molar-refractivity contribution in [2.75, 3.05) is 37.3 Å². The van der Waals surface area contributed by atoms with E-state index in [1.54, 1.807) is 6.20 Å². The Morgan fingerprint density at radius 2 is 1.94 bits per heavy atom. The number of nitrogens with zero attached hydrogens (tertiary/aromatic N) is 8. The van der Waals surface area contributed by atoms with E-state index in [0.29, 0.717) is 39.5 Å². The summed E-state index contributed by atoms with van der Waals surface area (Å²) < 4.78 is 50.4. The van der Waals surface area contributed by atoms with Crippen LogP contribution in [-0.2, 0) is 18.3 Å². The third kappa shape index (κ3) is 4.59. The van der Waals surface area contributed by atoms with Gasteiger partial charge in [0.15, 0.2) is 28.5 Å². The number of alkyl halides is 3. The van der Waals surface area contributed by atoms with E-state index >= 15 is 0 Å². The van der Waals surface area contributed by atoms with Crippen LogP contribution >= 0.6 is 11.3 Å². The molecule has 4 aromatic heterocycles. The molecule has 2 aliphatic heterocycles. The van der Waals surface area contributed by atoms with Gasteiger partial charge in [-0.25, -0.2) is 14.6 Å². The molecule has 11 nitrogen and oxygen atoms in total. The van der Waals surface area contributed by atoms with Crippen molar-refractivity contribution >= 4 is 33.2 Å². The summed E-state index contributed by atoms with van der Waals surface area (Å²) in [5.74, 6) is 1.23. The highest BCUT2D eigenvalue weighted by molar-refractivity contribution is 7.16. The van der Waals surface area contributed by atoms with Gasteiger partial charge in [-0.1, -0.05) is 5.16 Å². The van der Waals surface area contributed by atoms with Gasteiger partial charge < -0.3 is 25.2 Å². The number of aromatic nitrogens is 5. The molecule has 2 aliphatic carbocycles. The molecule has 4 aromatic rings. The first-order valence-electron chi connectivity index (χ1n) is 16.8. The quantitative estimate of drug-likeness (QED) is 0.283. The van der Waals surface area contributed by atoms with Crippen molar-refractivity contribution in [1.82, 2.24) is 29.8 Å². The highest BCUT2D eigenvalue weighted by Gasteiger charge is 2.56. The number of likely N-dealkylation sites (tertiary alicyclic amines) is 1. The summed E-state index contributed by atoms with van der Waals surface area (Å²) >= 11 is 1.47. The number of anilines is 2. The molecular weight excluding hydrogens is 643 g/mol. The number of likely N-dealkylation sites (N-methyl/N-ethyl adjacent to an activating group) is 1. The summed E-state index contributed by atoms with van der Waals surface area (Å²) in [5, 5.41) is 31.2. The monoisotopic (exact) mass is 681 g/mol. The molecule has 4 aliphatic rings. The molecule has 8 rings (SSSR count). The molecule has 1 spiro atoms. The molecule has 15 heteroatoms. The minimum Gasteiger partial charge on any atom is -0.389 e. The number of β-amino-alcohol motifs (C(OH)–C–C–N with tert-alkyl or cyclic N) is 1. The van der Waals surface area contributed by atoms with Crippen molar-refractivity contribution in [3.63, 3.8) is 0 Å². The maximum atomic E-state index is 14.1. The Morgan fingerprint density at radius 1 is 1.15 bits per heavy atom. The van der Waals surface area contributed by atoms with Crippen molar-refractivity contribution in [2.45, 2.75) is 100 Å². The van der Waals surface area contributed by atoms with Gasteiger partial charge in [0.25, 0.3) is 0 Å². The van der Waals surface area contributed by atoms with E-state index < -0.39 is 23.7 Å². The van der Waals surface area contributed by atoms with E-state index in [4.69, 9.17) is 25.3 Å². The Labute approximate surface area is 279 Å². The number of aryl methyl sites for hydroxylation is 1. The Balaban J connectivity index is 1.29. The maximum Gasteiger partial charge on any atom is 0.418 e. The number of nitrogen functional groups attached to an aromatic ring is 1. The van der Waals surface area contributed by atoms with Crippen LogP contribution in [0.3, 0.4) is 0 Å². The molecule has 48 heavy (non-hydrogen) atoms. The van der Waals surface area contributed by atoms with Gasteiger partial charge in [0, 0.05) is 23.0 Å². The lowest BCUT2D eigenvalue weighted by atomic mass is 9.63. The summed E-state index contributed by atoms with van der Waals surface area (Å²) in [7, 11) is 2.09. The molecule has 4 unspecified atom stereocenters. The lowest BCUT2D eigenvalue weighted by Gasteiger charge is -2.40. The fourth-order valence-corrected chi connectivity index (χ4v) is 10.1. The molecule has 0 amide bonds. The number of rotatable bonds is 4. The maximum absolute atomic E-state index is 14.1. The first kappa shape index (κ1) is 31.5. The molecule has 0 saturated carbocycles. The predicted molar refractivity (Wildman–Crippen MR) is 174 cm³/mol. The van der Waals surface area contributed by atoms with Crippen molar-refractivity contribution in [3.8, 4) is 17.6 Å². The van der Waals surface area contributed by atoms with Gasteiger partial charge in [-0.15, -0.1) is 11.3 Å². The number of nitrogens with two attached hydrogens (primary N) is 1. The standard InChI is InChI=1S/C33H38F3N9O2S/c1-18(22-8-5-13-43(22)2)45-30-21(16-39-45)29(44-14-6-12-32(46,17-44)33(34,35)36)40-28(41-30)25-19-7-3-10-31(26(19)47-42-25)11-4-9-23-24(31)20(15-37)27(38)48-23/h16,18,22,46H,3-14,17,38H2,1-2H3. The molecule has 2 saturated heterocycles. The average molecular weight is 682 g/mol. The number of halogens is 3. The molecule has 254 valence electrons. The van der Waals surface area contributed by atoms with Crippen molar-refractivity contribution in [1.29, 1.82) is 5.26 Å². The van der Waals surface area contributed by atoms with Gasteiger partial charge in [0.05, 0.1) is 35.1 Å². The minimum atomic E-state index is -4.79. The van der Waals surface area contributed by atoms with E-state index in [1.807, 2.05) is 4.68 Å². The fourth-order valence-electron chi connectivity index (χ4n) is 8.93. The van der Waals surface area contributed by atoms with E-state index in [0.717, 1.165) is 67.5 Å². The van der Waals surface area contributed by atoms with E-state index in [-0.39, 0.29) is 43.1 Å². The third-order valence-electron chi connectivity index (χ3n) is 11.3. The Bertz CT molecular complexity index is 1940. The molecule has 2 fully saturated rings. The van der Waals surface area contributed by atoms with Crippen molar-refractivity contribution < 1.29 is 22.8 Å². The van der Waals surface area contributed by atoms with Gasteiger partial charge in [-0.2, -0.15) is 23.5 Å². The van der Waals surface area contributed by atoms with E-state index in [1.165, 1.54) is 16.2 Å². The highest BCUT2D eigenvalue weighted by Crippen LogP contribution is 2.55. The molecule has 0 aromatic carbocycles. The highest BCUT2D eigenvalue weighted by atomic mass is 32.1. The zero-order valence-electron chi connectivity index (χ0n) is 27.0. The first-order valence-corrected chi connectivity index (χ1v) is 17.6. The van der Waals surface area contributed by atoms with Gasteiger partial charge in [0.2, 0.25) is 0 Å². The largest absolute Gasteiger partial charge is 0.418 e. The van der Waals surface area contributed by atoms with E-state index in [2.05, 4.69) is 30.1 Å². The first-order chi connectivity index (χ1) is 23.0. The lowest BCUT2D eigenvalue weighted by molar-refractivity contribution is -0.261. The molecule has 4 atom stereocenters. The molecule has 3 N–H and O–H groups in total. The summed E-state index contributed by atoms with van der Waals surface area (Å²) in [6.45, 7) is 2.70. The van der Waals surface area contributed by atoms with Gasteiger partial charge >= 0.3 is 6.18 Å². The average Bonchev–Trinajstić information content (AvgIpc) is 3.85. The van der Waals surface area contributed by atoms with Gasteiger partial charge in [0.1, 0.15) is 16.9 Å². The Hall–Kier alpha value is -3.74. The topological polar surface area (TPSA) is 146 Å². The van der Waals surface area contributed by atoms with Crippen molar-refractivity contribution in [2.24, 2.45) is 0 Å². The van der Waals surface area contributed by atoms with Crippen LogP contribution < -0.4 is 10.6 Å². The predicted octanol–water partition coefficient (Wildman–Crippen LogP) is 5.50. The molecular formula is C33H38F3N9O2S. The Morgan fingerprint density at radius 3 is 2.67 bits per heavy atom. The van der Waals surface area contributed by atoms with Gasteiger partial charge in [-0.05, 0) is 90.3 Å². The molecule has 0 bridgehead atoms. The van der Waals surface area contributed by atoms with Crippen LogP contribution in [-0.4, -0.2) is 79.4 Å². The summed E-state index contributed by atoms with van der Waals surface area (Å²) in [6, 6.07) is 2.49. The van der Waals surface area contributed by atoms with E-state index in [9.17, 15) is 23.5 Å². The number of nitriles is 1. The molecule has 0 radical (unpaired) electrons. The smallest absolute Gasteiger partial charge is 0.389 e. The minimum absolute atomic E-state index is 0.0670. The fraction of sp³-hybridized carbons (Fsp3) is 0.606. The second-order valence-corrected chi connectivity index (χ2v) is 15.2.